The smallest absolute Gasteiger partial charge is 0.290 e. The third-order valence-corrected chi connectivity index (χ3v) is 8.08. The van der Waals surface area contributed by atoms with Crippen LogP contribution < -0.4 is 4.31 Å². The number of nitrogens with zero attached hydrogens (tertiary/aromatic N) is 2. The highest BCUT2D eigenvalue weighted by Gasteiger charge is 2.27. The number of furan rings is 1. The summed E-state index contributed by atoms with van der Waals surface area (Å²) >= 11 is 12.7. The zero-order valence-corrected chi connectivity index (χ0v) is 23.2. The molecule has 0 fully saturated rings. The first-order valence-electron chi connectivity index (χ1n) is 11.7. The van der Waals surface area contributed by atoms with Gasteiger partial charge in [-0.05, 0) is 67.1 Å². The molecule has 0 saturated carbocycles. The van der Waals surface area contributed by atoms with Gasteiger partial charge in [-0.2, -0.15) is 0 Å². The Kier molecular flexibility index (Phi) is 10.6. The van der Waals surface area contributed by atoms with Crippen molar-refractivity contribution < 1.29 is 27.5 Å². The second-order valence-electron chi connectivity index (χ2n) is 8.08. The number of carboxylic acid groups (broad SMARTS) is 1. The Bertz CT molecular complexity index is 1500. The standard InChI is InChI=1S/C27H24Cl2N2O4S.CH2O2/c1-2-31(36(33,34)23-10-4-3-5-11-23)26-15-14-21(28)17-20(26)18-30(19-22-9-8-16-35-22)27(32)24-12-6-7-13-25(24)29;2-1-3/h3-17H,2,18-19H2,1H3;1H,(H,2,3). The lowest BCUT2D eigenvalue weighted by molar-refractivity contribution is -0.122. The molecule has 4 aromatic rings. The predicted octanol–water partition coefficient (Wildman–Crippen LogP) is 6.35. The number of rotatable bonds is 9. The average Bonchev–Trinajstić information content (AvgIpc) is 3.44. The van der Waals surface area contributed by atoms with Crippen LogP contribution in [0.3, 0.4) is 0 Å². The lowest BCUT2D eigenvalue weighted by Crippen LogP contribution is -2.34. The molecule has 0 bridgehead atoms. The molecule has 1 aromatic heterocycles. The first kappa shape index (κ1) is 29.8. The van der Waals surface area contributed by atoms with E-state index in [1.807, 2.05) is 0 Å². The third kappa shape index (κ3) is 7.41. The lowest BCUT2D eigenvalue weighted by Gasteiger charge is -2.28. The van der Waals surface area contributed by atoms with Crippen molar-refractivity contribution in [3.63, 3.8) is 0 Å². The van der Waals surface area contributed by atoms with Crippen molar-refractivity contribution in [2.75, 3.05) is 10.8 Å². The molecule has 0 aliphatic carbocycles. The van der Waals surface area contributed by atoms with Crippen LogP contribution in [0.2, 0.25) is 10.0 Å². The Morgan fingerprint density at radius 2 is 1.62 bits per heavy atom. The maximum Gasteiger partial charge on any atom is 0.290 e. The van der Waals surface area contributed by atoms with E-state index in [0.717, 1.165) is 0 Å². The molecule has 0 radical (unpaired) electrons. The predicted molar refractivity (Wildman–Crippen MR) is 151 cm³/mol. The molecule has 0 spiro atoms. The van der Waals surface area contributed by atoms with E-state index >= 15 is 0 Å². The molecular formula is C28H26Cl2N2O6S. The minimum absolute atomic E-state index is 0.0709. The molecule has 0 saturated heterocycles. The topological polar surface area (TPSA) is 108 Å². The van der Waals surface area contributed by atoms with Gasteiger partial charge in [-0.3, -0.25) is 13.9 Å². The third-order valence-electron chi connectivity index (χ3n) is 5.61. The molecular weight excluding hydrogens is 563 g/mol. The van der Waals surface area contributed by atoms with Crippen LogP contribution in [0.5, 0.6) is 0 Å². The van der Waals surface area contributed by atoms with Gasteiger partial charge in [0.15, 0.2) is 0 Å². The number of sulfonamides is 1. The Balaban J connectivity index is 0.00000134. The molecule has 0 atom stereocenters. The molecule has 1 amide bonds. The number of halogens is 2. The van der Waals surface area contributed by atoms with Crippen LogP contribution in [0, 0.1) is 0 Å². The fourth-order valence-electron chi connectivity index (χ4n) is 3.91. The fourth-order valence-corrected chi connectivity index (χ4v) is 5.86. The van der Waals surface area contributed by atoms with Crippen molar-refractivity contribution in [3.8, 4) is 0 Å². The minimum Gasteiger partial charge on any atom is -0.483 e. The number of hydrogen-bond acceptors (Lipinski definition) is 5. The highest BCUT2D eigenvalue weighted by atomic mass is 35.5. The quantitative estimate of drug-likeness (QED) is 0.228. The number of carbonyl (C=O) groups is 2. The maximum atomic E-state index is 13.6. The van der Waals surface area contributed by atoms with Gasteiger partial charge in [0, 0.05) is 18.1 Å². The van der Waals surface area contributed by atoms with Crippen LogP contribution in [0.4, 0.5) is 5.69 Å². The van der Waals surface area contributed by atoms with Crippen LogP contribution in [0.1, 0.15) is 28.6 Å². The van der Waals surface area contributed by atoms with Gasteiger partial charge in [0.05, 0.1) is 34.0 Å². The van der Waals surface area contributed by atoms with E-state index < -0.39 is 10.0 Å². The van der Waals surface area contributed by atoms with Gasteiger partial charge < -0.3 is 14.4 Å². The van der Waals surface area contributed by atoms with Crippen LogP contribution in [-0.2, 0) is 27.9 Å². The summed E-state index contributed by atoms with van der Waals surface area (Å²) < 4.78 is 33.9. The van der Waals surface area contributed by atoms with E-state index in [0.29, 0.717) is 32.6 Å². The zero-order chi connectivity index (χ0) is 28.4. The van der Waals surface area contributed by atoms with Crippen molar-refractivity contribution in [1.82, 2.24) is 4.90 Å². The van der Waals surface area contributed by atoms with E-state index in [1.54, 1.807) is 96.8 Å². The molecule has 8 nitrogen and oxygen atoms in total. The normalized spacial score (nSPS) is 10.7. The number of carbonyl (C=O) groups excluding carboxylic acids is 1. The summed E-state index contributed by atoms with van der Waals surface area (Å²) in [5, 5.41) is 7.63. The molecule has 1 heterocycles. The van der Waals surface area contributed by atoms with Crippen LogP contribution in [0.15, 0.2) is 101 Å². The van der Waals surface area contributed by atoms with Crippen LogP contribution in [0.25, 0.3) is 0 Å². The van der Waals surface area contributed by atoms with Gasteiger partial charge in [0.2, 0.25) is 0 Å². The monoisotopic (exact) mass is 588 g/mol. The number of hydrogen-bond donors (Lipinski definition) is 1. The second kappa shape index (κ2) is 13.8. The van der Waals surface area contributed by atoms with E-state index in [4.69, 9.17) is 37.5 Å². The Morgan fingerprint density at radius 3 is 2.23 bits per heavy atom. The highest BCUT2D eigenvalue weighted by molar-refractivity contribution is 7.92. The SMILES string of the molecule is CCN(c1ccc(Cl)cc1CN(Cc1ccco1)C(=O)c1ccccc1Cl)S(=O)(=O)c1ccccc1.O=CO. The van der Waals surface area contributed by atoms with Gasteiger partial charge >= 0.3 is 0 Å². The Morgan fingerprint density at radius 1 is 0.949 bits per heavy atom. The average molecular weight is 589 g/mol. The molecule has 0 unspecified atom stereocenters. The van der Waals surface area contributed by atoms with Crippen molar-refractivity contribution in [2.24, 2.45) is 0 Å². The van der Waals surface area contributed by atoms with E-state index in [9.17, 15) is 13.2 Å². The summed E-state index contributed by atoms with van der Waals surface area (Å²) in [6, 6.07) is 23.5. The summed E-state index contributed by atoms with van der Waals surface area (Å²) in [7, 11) is -3.86. The molecule has 1 N–H and O–H groups in total. The summed E-state index contributed by atoms with van der Waals surface area (Å²) in [6.45, 7) is 1.92. The first-order valence-corrected chi connectivity index (χ1v) is 13.9. The molecule has 204 valence electrons. The van der Waals surface area contributed by atoms with Gasteiger partial charge in [-0.1, -0.05) is 53.5 Å². The molecule has 0 aliphatic heterocycles. The van der Waals surface area contributed by atoms with Gasteiger partial charge in [-0.25, -0.2) is 8.42 Å². The maximum absolute atomic E-state index is 13.6. The fraction of sp³-hybridized carbons (Fsp3) is 0.143. The molecule has 0 aliphatic rings. The highest BCUT2D eigenvalue weighted by Crippen LogP contribution is 2.31. The summed E-state index contributed by atoms with van der Waals surface area (Å²) in [5.41, 5.74) is 1.33. The molecule has 39 heavy (non-hydrogen) atoms. The molecule has 3 aromatic carbocycles. The Hall–Kier alpha value is -3.79. The summed E-state index contributed by atoms with van der Waals surface area (Å²) in [4.78, 5) is 23.7. The van der Waals surface area contributed by atoms with E-state index in [-0.39, 0.29) is 36.9 Å². The van der Waals surface area contributed by atoms with Crippen molar-refractivity contribution in [1.29, 1.82) is 0 Å². The van der Waals surface area contributed by atoms with Gasteiger partial charge in [0.25, 0.3) is 22.4 Å². The molecule has 4 rings (SSSR count). The summed E-state index contributed by atoms with van der Waals surface area (Å²) in [6.07, 6.45) is 1.53. The Labute approximate surface area is 237 Å². The second-order valence-corrected chi connectivity index (χ2v) is 10.8. The largest absolute Gasteiger partial charge is 0.483 e. The lowest BCUT2D eigenvalue weighted by atomic mass is 10.1. The van der Waals surface area contributed by atoms with Crippen molar-refractivity contribution in [3.05, 3.63) is 118 Å². The van der Waals surface area contributed by atoms with Gasteiger partial charge in [0.1, 0.15) is 5.76 Å². The molecule has 11 heteroatoms. The number of benzene rings is 3. The van der Waals surface area contributed by atoms with Crippen LogP contribution in [-0.4, -0.2) is 37.3 Å². The van der Waals surface area contributed by atoms with Crippen molar-refractivity contribution >= 4 is 51.3 Å². The first-order chi connectivity index (χ1) is 18.7. The number of amides is 1. The van der Waals surface area contributed by atoms with E-state index in [2.05, 4.69) is 0 Å². The van der Waals surface area contributed by atoms with Gasteiger partial charge in [-0.15, -0.1) is 0 Å². The minimum atomic E-state index is -3.86. The zero-order valence-electron chi connectivity index (χ0n) is 20.9. The number of anilines is 1. The van der Waals surface area contributed by atoms with Crippen LogP contribution >= 0.6 is 23.2 Å². The van der Waals surface area contributed by atoms with E-state index in [1.165, 1.54) is 10.6 Å². The summed E-state index contributed by atoms with van der Waals surface area (Å²) in [5.74, 6) is 0.250. The van der Waals surface area contributed by atoms with Crippen molar-refractivity contribution in [2.45, 2.75) is 24.9 Å².